The van der Waals surface area contributed by atoms with E-state index in [1.165, 1.54) is 23.5 Å². The molecule has 2 aromatic heterocycles. The van der Waals surface area contributed by atoms with E-state index in [1.807, 2.05) is 54.3 Å². The van der Waals surface area contributed by atoms with Gasteiger partial charge in [0.05, 0.1) is 11.4 Å². The van der Waals surface area contributed by atoms with Crippen molar-refractivity contribution in [1.29, 1.82) is 0 Å². The SMILES string of the molecule is Cc1nc(-c2ccc(F)cc2)sc1C(=O)N1CCN(c2ccc(-c3ccccc3)nn2)CC1. The number of halogens is 1. The highest BCUT2D eigenvalue weighted by atomic mass is 32.1. The molecule has 3 heterocycles. The van der Waals surface area contributed by atoms with Gasteiger partial charge in [0.15, 0.2) is 5.82 Å². The second-order valence-corrected chi connectivity index (χ2v) is 8.86. The van der Waals surface area contributed by atoms with E-state index in [9.17, 15) is 9.18 Å². The fraction of sp³-hybridized carbons (Fsp3) is 0.200. The molecule has 2 aromatic carbocycles. The van der Waals surface area contributed by atoms with Crippen LogP contribution in [-0.4, -0.2) is 52.2 Å². The van der Waals surface area contributed by atoms with Crippen molar-refractivity contribution in [3.8, 4) is 21.8 Å². The molecule has 4 aromatic rings. The van der Waals surface area contributed by atoms with E-state index in [4.69, 9.17) is 0 Å². The van der Waals surface area contributed by atoms with Gasteiger partial charge < -0.3 is 9.80 Å². The lowest BCUT2D eigenvalue weighted by molar-refractivity contribution is 0.0750. The zero-order valence-corrected chi connectivity index (χ0v) is 18.9. The van der Waals surface area contributed by atoms with Gasteiger partial charge in [0.1, 0.15) is 15.7 Å². The Morgan fingerprint density at radius 3 is 2.27 bits per heavy atom. The van der Waals surface area contributed by atoms with Gasteiger partial charge in [0, 0.05) is 37.3 Å². The number of rotatable bonds is 4. The Morgan fingerprint density at radius 1 is 0.879 bits per heavy atom. The van der Waals surface area contributed by atoms with Crippen LogP contribution in [0.5, 0.6) is 0 Å². The first-order valence-corrected chi connectivity index (χ1v) is 11.6. The van der Waals surface area contributed by atoms with Gasteiger partial charge in [-0.3, -0.25) is 4.79 Å². The van der Waals surface area contributed by atoms with Crippen molar-refractivity contribution in [2.75, 3.05) is 31.1 Å². The molecule has 166 valence electrons. The van der Waals surface area contributed by atoms with Gasteiger partial charge in [-0.15, -0.1) is 21.5 Å². The van der Waals surface area contributed by atoms with E-state index in [2.05, 4.69) is 20.1 Å². The number of aryl methyl sites for hydroxylation is 1. The van der Waals surface area contributed by atoms with Gasteiger partial charge in [0.2, 0.25) is 0 Å². The number of nitrogens with zero attached hydrogens (tertiary/aromatic N) is 5. The molecule has 1 fully saturated rings. The van der Waals surface area contributed by atoms with Crippen LogP contribution in [0.4, 0.5) is 10.2 Å². The van der Waals surface area contributed by atoms with E-state index >= 15 is 0 Å². The van der Waals surface area contributed by atoms with E-state index in [1.54, 1.807) is 12.1 Å². The van der Waals surface area contributed by atoms with Crippen molar-refractivity contribution in [3.05, 3.63) is 83.1 Å². The summed E-state index contributed by atoms with van der Waals surface area (Å²) in [5, 5.41) is 9.50. The highest BCUT2D eigenvalue weighted by molar-refractivity contribution is 7.17. The van der Waals surface area contributed by atoms with Crippen LogP contribution in [0.15, 0.2) is 66.7 Å². The average Bonchev–Trinajstić information content (AvgIpc) is 3.26. The number of hydrogen-bond acceptors (Lipinski definition) is 6. The van der Waals surface area contributed by atoms with Crippen molar-refractivity contribution in [2.24, 2.45) is 0 Å². The lowest BCUT2D eigenvalue weighted by Crippen LogP contribution is -2.49. The third-order valence-electron chi connectivity index (χ3n) is 5.69. The molecule has 0 atom stereocenters. The maximum Gasteiger partial charge on any atom is 0.265 e. The predicted octanol–water partition coefficient (Wildman–Crippen LogP) is 4.68. The Hall–Kier alpha value is -3.65. The molecule has 1 amide bonds. The molecule has 8 heteroatoms. The number of piperazine rings is 1. The van der Waals surface area contributed by atoms with E-state index < -0.39 is 0 Å². The lowest BCUT2D eigenvalue weighted by Gasteiger charge is -2.35. The number of amides is 1. The van der Waals surface area contributed by atoms with Crippen molar-refractivity contribution < 1.29 is 9.18 Å². The van der Waals surface area contributed by atoms with E-state index in [-0.39, 0.29) is 11.7 Å². The second-order valence-electron chi connectivity index (χ2n) is 7.86. The highest BCUT2D eigenvalue weighted by Crippen LogP contribution is 2.29. The van der Waals surface area contributed by atoms with E-state index in [0.29, 0.717) is 36.8 Å². The fourth-order valence-corrected chi connectivity index (χ4v) is 4.89. The number of anilines is 1. The number of hydrogen-bond donors (Lipinski definition) is 0. The summed E-state index contributed by atoms with van der Waals surface area (Å²) in [6, 6.07) is 20.1. The molecule has 0 unspecified atom stereocenters. The standard InChI is InChI=1S/C25H22FN5OS/c1-17-23(33-24(27-17)19-7-9-20(26)10-8-19)25(32)31-15-13-30(14-16-31)22-12-11-21(28-29-22)18-5-3-2-4-6-18/h2-12H,13-16H2,1H3. The number of carbonyl (C=O) groups excluding carboxylic acids is 1. The first kappa shape index (κ1) is 21.2. The number of benzene rings is 2. The molecule has 1 saturated heterocycles. The Morgan fingerprint density at radius 2 is 1.61 bits per heavy atom. The Labute approximate surface area is 195 Å². The quantitative estimate of drug-likeness (QED) is 0.444. The summed E-state index contributed by atoms with van der Waals surface area (Å²) in [5.74, 6) is 0.512. The first-order chi connectivity index (χ1) is 16.1. The van der Waals surface area contributed by atoms with Gasteiger partial charge >= 0.3 is 0 Å². The summed E-state index contributed by atoms with van der Waals surface area (Å²) in [4.78, 5) is 22.3. The maximum atomic E-state index is 13.2. The molecule has 0 aliphatic carbocycles. The van der Waals surface area contributed by atoms with Gasteiger partial charge in [-0.05, 0) is 43.3 Å². The second kappa shape index (κ2) is 9.07. The summed E-state index contributed by atoms with van der Waals surface area (Å²) in [6.45, 7) is 4.42. The van der Waals surface area contributed by atoms with Gasteiger partial charge in [0.25, 0.3) is 5.91 Å². The zero-order chi connectivity index (χ0) is 22.8. The van der Waals surface area contributed by atoms with E-state index in [0.717, 1.165) is 27.6 Å². The van der Waals surface area contributed by atoms with Crippen LogP contribution in [0, 0.1) is 12.7 Å². The lowest BCUT2D eigenvalue weighted by atomic mass is 10.1. The summed E-state index contributed by atoms with van der Waals surface area (Å²) in [6.07, 6.45) is 0. The minimum Gasteiger partial charge on any atom is -0.352 e. The minimum atomic E-state index is -0.291. The molecule has 1 aliphatic rings. The summed E-state index contributed by atoms with van der Waals surface area (Å²) < 4.78 is 13.2. The summed E-state index contributed by atoms with van der Waals surface area (Å²) in [7, 11) is 0. The predicted molar refractivity (Wildman–Crippen MR) is 128 cm³/mol. The van der Waals surface area contributed by atoms with Crippen LogP contribution in [0.3, 0.4) is 0 Å². The topological polar surface area (TPSA) is 62.2 Å². The van der Waals surface area contributed by atoms with Crippen LogP contribution in [0.2, 0.25) is 0 Å². The van der Waals surface area contributed by atoms with Crippen LogP contribution < -0.4 is 4.90 Å². The van der Waals surface area contributed by atoms with Crippen LogP contribution in [-0.2, 0) is 0 Å². The summed E-state index contributed by atoms with van der Waals surface area (Å²) >= 11 is 1.36. The van der Waals surface area contributed by atoms with Gasteiger partial charge in [-0.2, -0.15) is 0 Å². The van der Waals surface area contributed by atoms with Gasteiger partial charge in [-0.25, -0.2) is 9.37 Å². The summed E-state index contributed by atoms with van der Waals surface area (Å²) in [5.41, 5.74) is 3.39. The monoisotopic (exact) mass is 459 g/mol. The van der Waals surface area contributed by atoms with Crippen molar-refractivity contribution in [3.63, 3.8) is 0 Å². The third kappa shape index (κ3) is 4.47. The third-order valence-corrected chi connectivity index (χ3v) is 6.89. The molecular weight excluding hydrogens is 437 g/mol. The molecule has 0 N–H and O–H groups in total. The molecule has 0 radical (unpaired) electrons. The number of carbonyl (C=O) groups is 1. The molecule has 0 spiro atoms. The Kier molecular flexibility index (Phi) is 5.83. The average molecular weight is 460 g/mol. The number of thiazole rings is 1. The Balaban J connectivity index is 1.24. The van der Waals surface area contributed by atoms with Crippen LogP contribution >= 0.6 is 11.3 Å². The molecular formula is C25H22FN5OS. The molecule has 1 aliphatic heterocycles. The normalized spacial score (nSPS) is 13.9. The fourth-order valence-electron chi connectivity index (χ4n) is 3.85. The molecule has 0 bridgehead atoms. The van der Waals surface area contributed by atoms with Crippen molar-refractivity contribution in [2.45, 2.75) is 6.92 Å². The molecule has 5 rings (SSSR count). The highest BCUT2D eigenvalue weighted by Gasteiger charge is 2.26. The molecule has 6 nitrogen and oxygen atoms in total. The zero-order valence-electron chi connectivity index (χ0n) is 18.1. The van der Waals surface area contributed by atoms with Crippen LogP contribution in [0.25, 0.3) is 21.8 Å². The maximum absolute atomic E-state index is 13.2. The van der Waals surface area contributed by atoms with Crippen molar-refractivity contribution in [1.82, 2.24) is 20.1 Å². The van der Waals surface area contributed by atoms with Gasteiger partial charge in [-0.1, -0.05) is 30.3 Å². The van der Waals surface area contributed by atoms with Crippen molar-refractivity contribution >= 4 is 23.1 Å². The largest absolute Gasteiger partial charge is 0.352 e. The van der Waals surface area contributed by atoms with Crippen LogP contribution in [0.1, 0.15) is 15.4 Å². The Bertz CT molecular complexity index is 1250. The first-order valence-electron chi connectivity index (χ1n) is 10.8. The molecule has 33 heavy (non-hydrogen) atoms. The number of aromatic nitrogens is 3. The smallest absolute Gasteiger partial charge is 0.265 e. The minimum absolute atomic E-state index is 0.0106. The molecule has 0 saturated carbocycles.